The number of ether oxygens (including phenoxy) is 1. The predicted octanol–water partition coefficient (Wildman–Crippen LogP) is 1.01. The fourth-order valence-corrected chi connectivity index (χ4v) is 1.86. The highest BCUT2D eigenvalue weighted by Gasteiger charge is 2.17. The number of amides is 1. The molecule has 0 aromatic carbocycles. The van der Waals surface area contributed by atoms with Gasteiger partial charge in [-0.25, -0.2) is 0 Å². The van der Waals surface area contributed by atoms with Crippen LogP contribution in [0.2, 0.25) is 0 Å². The number of nitrogens with zero attached hydrogens (tertiary/aromatic N) is 1. The summed E-state index contributed by atoms with van der Waals surface area (Å²) in [5, 5.41) is 3.44. The van der Waals surface area contributed by atoms with Gasteiger partial charge in [-0.05, 0) is 33.2 Å². The molecular weight excluding hydrogens is 204 g/mol. The van der Waals surface area contributed by atoms with Crippen molar-refractivity contribution in [2.24, 2.45) is 0 Å². The second-order valence-corrected chi connectivity index (χ2v) is 4.78. The van der Waals surface area contributed by atoms with Crippen molar-refractivity contribution in [2.45, 2.75) is 45.3 Å². The number of likely N-dealkylation sites (N-methyl/N-ethyl adjacent to an activating group) is 1. The minimum Gasteiger partial charge on any atom is -0.369 e. The van der Waals surface area contributed by atoms with Crippen LogP contribution in [0.1, 0.15) is 33.1 Å². The lowest BCUT2D eigenvalue weighted by atomic mass is 10.0. The Morgan fingerprint density at radius 1 is 1.50 bits per heavy atom. The molecule has 1 aliphatic heterocycles. The summed E-state index contributed by atoms with van der Waals surface area (Å²) in [6.07, 6.45) is 3.81. The highest BCUT2D eigenvalue weighted by atomic mass is 16.5. The molecule has 1 heterocycles. The number of nitrogens with one attached hydrogen (secondary N) is 1. The van der Waals surface area contributed by atoms with Gasteiger partial charge in [-0.3, -0.25) is 4.79 Å². The van der Waals surface area contributed by atoms with Crippen LogP contribution in [-0.4, -0.2) is 49.7 Å². The van der Waals surface area contributed by atoms with Gasteiger partial charge in [0.2, 0.25) is 5.91 Å². The molecule has 4 heteroatoms. The Bertz CT molecular complexity index is 213. The Labute approximate surface area is 98.3 Å². The topological polar surface area (TPSA) is 41.6 Å². The normalized spacial score (nSPS) is 21.1. The molecule has 16 heavy (non-hydrogen) atoms. The highest BCUT2D eigenvalue weighted by Crippen LogP contribution is 2.08. The van der Waals surface area contributed by atoms with Gasteiger partial charge >= 0.3 is 0 Å². The second kappa shape index (κ2) is 6.86. The van der Waals surface area contributed by atoms with Gasteiger partial charge in [0.05, 0.1) is 6.10 Å². The summed E-state index contributed by atoms with van der Waals surface area (Å²) in [4.78, 5) is 13.5. The first-order valence-corrected chi connectivity index (χ1v) is 6.18. The Morgan fingerprint density at radius 3 is 2.81 bits per heavy atom. The summed E-state index contributed by atoms with van der Waals surface area (Å²) in [5.74, 6) is 0.0704. The highest BCUT2D eigenvalue weighted by molar-refractivity contribution is 5.77. The summed E-state index contributed by atoms with van der Waals surface area (Å²) in [7, 11) is 1.85. The standard InChI is InChI=1S/C12H24N2O2/c1-10(2)16-9-12(15)14(3)8-11-6-4-5-7-13-11/h10-11,13H,4-9H2,1-3H3. The number of hydrogen-bond acceptors (Lipinski definition) is 3. The smallest absolute Gasteiger partial charge is 0.248 e. The van der Waals surface area contributed by atoms with E-state index in [-0.39, 0.29) is 18.6 Å². The fourth-order valence-electron chi connectivity index (χ4n) is 1.86. The molecule has 0 aromatic rings. The van der Waals surface area contributed by atoms with E-state index in [1.807, 2.05) is 20.9 Å². The van der Waals surface area contributed by atoms with Gasteiger partial charge in [0.15, 0.2) is 0 Å². The number of piperidine rings is 1. The first-order valence-electron chi connectivity index (χ1n) is 6.18. The maximum atomic E-state index is 11.7. The van der Waals surface area contributed by atoms with Gasteiger partial charge in [0.25, 0.3) is 0 Å². The van der Waals surface area contributed by atoms with Crippen LogP contribution < -0.4 is 5.32 Å². The minimum absolute atomic E-state index is 0.0704. The van der Waals surface area contributed by atoms with Crippen LogP contribution in [0.5, 0.6) is 0 Å². The molecule has 94 valence electrons. The van der Waals surface area contributed by atoms with E-state index in [1.54, 1.807) is 4.90 Å². The predicted molar refractivity (Wildman–Crippen MR) is 64.4 cm³/mol. The molecule has 1 saturated heterocycles. The molecule has 0 bridgehead atoms. The molecule has 1 amide bonds. The fraction of sp³-hybridized carbons (Fsp3) is 0.917. The van der Waals surface area contributed by atoms with Crippen molar-refractivity contribution in [3.8, 4) is 0 Å². The maximum absolute atomic E-state index is 11.7. The average Bonchev–Trinajstić information content (AvgIpc) is 2.27. The summed E-state index contributed by atoms with van der Waals surface area (Å²) in [6.45, 7) is 5.95. The Morgan fingerprint density at radius 2 is 2.25 bits per heavy atom. The lowest BCUT2D eigenvalue weighted by molar-refractivity contribution is -0.136. The summed E-state index contributed by atoms with van der Waals surface area (Å²) >= 11 is 0. The van der Waals surface area contributed by atoms with Gasteiger partial charge in [0, 0.05) is 19.6 Å². The van der Waals surface area contributed by atoms with Crippen molar-refractivity contribution in [1.82, 2.24) is 10.2 Å². The Hall–Kier alpha value is -0.610. The largest absolute Gasteiger partial charge is 0.369 e. The molecule has 1 N–H and O–H groups in total. The Balaban J connectivity index is 2.21. The maximum Gasteiger partial charge on any atom is 0.248 e. The number of carbonyl (C=O) groups excluding carboxylic acids is 1. The number of carbonyl (C=O) groups is 1. The van der Waals surface area contributed by atoms with E-state index in [0.29, 0.717) is 6.04 Å². The minimum atomic E-state index is 0.0704. The molecule has 1 atom stereocenters. The third-order valence-electron chi connectivity index (χ3n) is 2.87. The van der Waals surface area contributed by atoms with Crippen LogP contribution in [0.4, 0.5) is 0 Å². The van der Waals surface area contributed by atoms with E-state index in [4.69, 9.17) is 4.74 Å². The molecule has 0 saturated carbocycles. The molecule has 1 fully saturated rings. The van der Waals surface area contributed by atoms with Crippen LogP contribution in [0.3, 0.4) is 0 Å². The number of rotatable bonds is 5. The molecule has 0 radical (unpaired) electrons. The number of hydrogen-bond donors (Lipinski definition) is 1. The van der Waals surface area contributed by atoms with Crippen molar-refractivity contribution in [2.75, 3.05) is 26.7 Å². The first kappa shape index (κ1) is 13.5. The molecule has 4 nitrogen and oxygen atoms in total. The molecule has 0 aromatic heterocycles. The van der Waals surface area contributed by atoms with E-state index >= 15 is 0 Å². The molecule has 0 spiro atoms. The van der Waals surface area contributed by atoms with Crippen LogP contribution >= 0.6 is 0 Å². The molecule has 1 unspecified atom stereocenters. The third kappa shape index (κ3) is 4.94. The lowest BCUT2D eigenvalue weighted by Crippen LogP contribution is -2.45. The van der Waals surface area contributed by atoms with Gasteiger partial charge in [-0.15, -0.1) is 0 Å². The van der Waals surface area contributed by atoms with Crippen LogP contribution in [0.15, 0.2) is 0 Å². The Kier molecular flexibility index (Phi) is 5.77. The van der Waals surface area contributed by atoms with E-state index in [9.17, 15) is 4.79 Å². The van der Waals surface area contributed by atoms with E-state index in [1.165, 1.54) is 19.3 Å². The zero-order valence-corrected chi connectivity index (χ0v) is 10.7. The van der Waals surface area contributed by atoms with Gasteiger partial charge < -0.3 is 15.0 Å². The zero-order valence-electron chi connectivity index (χ0n) is 10.7. The van der Waals surface area contributed by atoms with E-state index < -0.39 is 0 Å². The van der Waals surface area contributed by atoms with Gasteiger partial charge in [0.1, 0.15) is 6.61 Å². The first-order chi connectivity index (χ1) is 7.59. The molecular formula is C12H24N2O2. The molecule has 1 aliphatic rings. The summed E-state index contributed by atoms with van der Waals surface area (Å²) in [6, 6.07) is 0.460. The van der Waals surface area contributed by atoms with Gasteiger partial charge in [-0.2, -0.15) is 0 Å². The van der Waals surface area contributed by atoms with Crippen molar-refractivity contribution in [3.63, 3.8) is 0 Å². The monoisotopic (exact) mass is 228 g/mol. The van der Waals surface area contributed by atoms with Crippen molar-refractivity contribution < 1.29 is 9.53 Å². The van der Waals surface area contributed by atoms with E-state index in [0.717, 1.165) is 13.1 Å². The van der Waals surface area contributed by atoms with Crippen LogP contribution in [-0.2, 0) is 9.53 Å². The van der Waals surface area contributed by atoms with Crippen LogP contribution in [0.25, 0.3) is 0 Å². The van der Waals surface area contributed by atoms with Crippen molar-refractivity contribution in [1.29, 1.82) is 0 Å². The zero-order chi connectivity index (χ0) is 12.0. The van der Waals surface area contributed by atoms with E-state index in [2.05, 4.69) is 5.32 Å². The molecule has 1 rings (SSSR count). The lowest BCUT2D eigenvalue weighted by Gasteiger charge is -2.28. The third-order valence-corrected chi connectivity index (χ3v) is 2.87. The van der Waals surface area contributed by atoms with Crippen molar-refractivity contribution >= 4 is 5.91 Å². The van der Waals surface area contributed by atoms with Gasteiger partial charge in [-0.1, -0.05) is 6.42 Å². The molecule has 0 aliphatic carbocycles. The second-order valence-electron chi connectivity index (χ2n) is 4.78. The van der Waals surface area contributed by atoms with Crippen molar-refractivity contribution in [3.05, 3.63) is 0 Å². The van der Waals surface area contributed by atoms with Crippen LogP contribution in [0, 0.1) is 0 Å². The average molecular weight is 228 g/mol. The summed E-state index contributed by atoms with van der Waals surface area (Å²) < 4.78 is 5.30. The SMILES string of the molecule is CC(C)OCC(=O)N(C)CC1CCCCN1. The quantitative estimate of drug-likeness (QED) is 0.763. The summed E-state index contributed by atoms with van der Waals surface area (Å²) in [5.41, 5.74) is 0.